The molecule has 0 amide bonds. The minimum absolute atomic E-state index is 0.456. The van der Waals surface area contributed by atoms with E-state index in [9.17, 15) is 0 Å². The minimum atomic E-state index is 0.456. The van der Waals surface area contributed by atoms with E-state index < -0.39 is 0 Å². The number of rotatable bonds is 3. The molecule has 0 radical (unpaired) electrons. The van der Waals surface area contributed by atoms with Crippen molar-refractivity contribution in [1.29, 1.82) is 0 Å². The molecule has 3 nitrogen and oxygen atoms in total. The first kappa shape index (κ1) is 10.3. The van der Waals surface area contributed by atoms with Gasteiger partial charge in [-0.25, -0.2) is 0 Å². The number of aryl methyl sites for hydroxylation is 1. The minimum Gasteiger partial charge on any atom is -0.497 e. The first-order valence-electron chi connectivity index (χ1n) is 5.28. The summed E-state index contributed by atoms with van der Waals surface area (Å²) in [5.74, 6) is 0.903. The van der Waals surface area contributed by atoms with E-state index in [0.717, 1.165) is 25.4 Å². The van der Waals surface area contributed by atoms with E-state index in [1.54, 1.807) is 7.11 Å². The average molecular weight is 207 g/mol. The van der Waals surface area contributed by atoms with Crippen LogP contribution in [0.5, 0.6) is 5.75 Å². The maximum absolute atomic E-state index is 5.33. The van der Waals surface area contributed by atoms with Gasteiger partial charge in [0.15, 0.2) is 0 Å². The fourth-order valence-electron chi connectivity index (χ4n) is 1.79. The molecule has 0 bridgehead atoms. The third kappa shape index (κ3) is 2.42. The molecule has 82 valence electrons. The fourth-order valence-corrected chi connectivity index (χ4v) is 1.79. The van der Waals surface area contributed by atoms with Crippen LogP contribution in [0, 0.1) is 6.92 Å². The van der Waals surface area contributed by atoms with Gasteiger partial charge in [-0.3, -0.25) is 0 Å². The first-order valence-corrected chi connectivity index (χ1v) is 5.28. The number of ether oxygens (including phenoxy) is 2. The summed E-state index contributed by atoms with van der Waals surface area (Å²) in [6, 6.07) is 6.53. The van der Waals surface area contributed by atoms with Crippen LogP contribution in [0.15, 0.2) is 18.2 Å². The van der Waals surface area contributed by atoms with Crippen LogP contribution < -0.4 is 10.1 Å². The number of hydrogen-bond acceptors (Lipinski definition) is 3. The summed E-state index contributed by atoms with van der Waals surface area (Å²) in [6.45, 7) is 3.76. The second-order valence-corrected chi connectivity index (χ2v) is 3.89. The Labute approximate surface area is 90.4 Å². The van der Waals surface area contributed by atoms with Crippen LogP contribution in [0.4, 0.5) is 5.69 Å². The summed E-state index contributed by atoms with van der Waals surface area (Å²) in [6.07, 6.45) is 1.09. The Morgan fingerprint density at radius 2 is 2.33 bits per heavy atom. The monoisotopic (exact) mass is 207 g/mol. The van der Waals surface area contributed by atoms with Crippen LogP contribution >= 0.6 is 0 Å². The van der Waals surface area contributed by atoms with Crippen molar-refractivity contribution in [2.75, 3.05) is 25.6 Å². The molecule has 1 saturated heterocycles. The van der Waals surface area contributed by atoms with Crippen LogP contribution in [0.25, 0.3) is 0 Å². The summed E-state index contributed by atoms with van der Waals surface area (Å²) < 4.78 is 10.5. The van der Waals surface area contributed by atoms with Crippen molar-refractivity contribution >= 4 is 5.69 Å². The normalized spacial score (nSPS) is 20.3. The number of hydrogen-bond donors (Lipinski definition) is 1. The molecule has 1 aliphatic rings. The van der Waals surface area contributed by atoms with Crippen molar-refractivity contribution in [1.82, 2.24) is 0 Å². The van der Waals surface area contributed by atoms with E-state index in [2.05, 4.69) is 18.3 Å². The zero-order valence-corrected chi connectivity index (χ0v) is 9.25. The molecule has 1 aromatic rings. The highest BCUT2D eigenvalue weighted by molar-refractivity contribution is 5.54. The van der Waals surface area contributed by atoms with Gasteiger partial charge >= 0.3 is 0 Å². The predicted octanol–water partition coefficient (Wildman–Crippen LogP) is 2.20. The van der Waals surface area contributed by atoms with Gasteiger partial charge in [-0.1, -0.05) is 0 Å². The highest BCUT2D eigenvalue weighted by Crippen LogP contribution is 2.22. The molecule has 1 atom stereocenters. The second-order valence-electron chi connectivity index (χ2n) is 3.89. The van der Waals surface area contributed by atoms with Crippen LogP contribution in [0.3, 0.4) is 0 Å². The van der Waals surface area contributed by atoms with Crippen LogP contribution in [-0.4, -0.2) is 26.4 Å². The zero-order chi connectivity index (χ0) is 10.7. The van der Waals surface area contributed by atoms with Crippen molar-refractivity contribution in [2.24, 2.45) is 0 Å². The molecule has 2 rings (SSSR count). The lowest BCUT2D eigenvalue weighted by Crippen LogP contribution is -2.19. The van der Waals surface area contributed by atoms with Crippen molar-refractivity contribution in [2.45, 2.75) is 19.4 Å². The van der Waals surface area contributed by atoms with Gasteiger partial charge in [0, 0.05) is 12.3 Å². The van der Waals surface area contributed by atoms with Crippen LogP contribution in [0.1, 0.15) is 12.0 Å². The molecule has 1 N–H and O–H groups in total. The van der Waals surface area contributed by atoms with E-state index in [0.29, 0.717) is 6.04 Å². The Hall–Kier alpha value is -1.22. The molecular formula is C12H17NO2. The van der Waals surface area contributed by atoms with E-state index in [1.165, 1.54) is 11.3 Å². The summed E-state index contributed by atoms with van der Waals surface area (Å²) in [5.41, 5.74) is 2.38. The van der Waals surface area contributed by atoms with E-state index in [1.807, 2.05) is 12.1 Å². The maximum atomic E-state index is 5.33. The molecule has 0 aliphatic carbocycles. The quantitative estimate of drug-likeness (QED) is 0.824. The molecule has 3 heteroatoms. The van der Waals surface area contributed by atoms with Crippen molar-refractivity contribution in [3.05, 3.63) is 23.8 Å². The highest BCUT2D eigenvalue weighted by atomic mass is 16.5. The van der Waals surface area contributed by atoms with E-state index in [4.69, 9.17) is 9.47 Å². The van der Waals surface area contributed by atoms with Gasteiger partial charge in [-0.15, -0.1) is 0 Å². The Morgan fingerprint density at radius 3 is 2.93 bits per heavy atom. The third-order valence-corrected chi connectivity index (χ3v) is 2.72. The molecule has 1 unspecified atom stereocenters. The Bertz CT molecular complexity index is 332. The standard InChI is InChI=1S/C12H17NO2/c1-9-7-11(14-2)3-4-12(9)13-10-5-6-15-8-10/h3-4,7,10,13H,5-6,8H2,1-2H3. The summed E-state index contributed by atoms with van der Waals surface area (Å²) in [5, 5.41) is 3.48. The zero-order valence-electron chi connectivity index (χ0n) is 9.25. The van der Waals surface area contributed by atoms with E-state index in [-0.39, 0.29) is 0 Å². The second kappa shape index (κ2) is 4.53. The lowest BCUT2D eigenvalue weighted by molar-refractivity contribution is 0.195. The van der Waals surface area contributed by atoms with Gasteiger partial charge in [0.25, 0.3) is 0 Å². The Balaban J connectivity index is 2.07. The maximum Gasteiger partial charge on any atom is 0.119 e. The lowest BCUT2D eigenvalue weighted by Gasteiger charge is -2.15. The number of nitrogens with one attached hydrogen (secondary N) is 1. The third-order valence-electron chi connectivity index (χ3n) is 2.72. The van der Waals surface area contributed by atoms with Gasteiger partial charge in [-0.2, -0.15) is 0 Å². The molecule has 15 heavy (non-hydrogen) atoms. The molecule has 1 aromatic carbocycles. The van der Waals surface area contributed by atoms with Crippen molar-refractivity contribution in [3.63, 3.8) is 0 Å². The molecular weight excluding hydrogens is 190 g/mol. The smallest absolute Gasteiger partial charge is 0.119 e. The lowest BCUT2D eigenvalue weighted by atomic mass is 10.1. The van der Waals surface area contributed by atoms with E-state index >= 15 is 0 Å². The molecule has 0 spiro atoms. The summed E-state index contributed by atoms with van der Waals surface area (Å²) in [7, 11) is 1.69. The number of methoxy groups -OCH3 is 1. The summed E-state index contributed by atoms with van der Waals surface area (Å²) in [4.78, 5) is 0. The predicted molar refractivity (Wildman–Crippen MR) is 60.6 cm³/mol. The number of anilines is 1. The van der Waals surface area contributed by atoms with Crippen molar-refractivity contribution < 1.29 is 9.47 Å². The Kier molecular flexibility index (Phi) is 3.11. The largest absolute Gasteiger partial charge is 0.497 e. The first-order chi connectivity index (χ1) is 7.29. The number of benzene rings is 1. The summed E-state index contributed by atoms with van der Waals surface area (Å²) >= 11 is 0. The van der Waals surface area contributed by atoms with Gasteiger partial charge in [0.05, 0.1) is 19.8 Å². The van der Waals surface area contributed by atoms with Gasteiger partial charge < -0.3 is 14.8 Å². The van der Waals surface area contributed by atoms with Crippen molar-refractivity contribution in [3.8, 4) is 5.75 Å². The van der Waals surface area contributed by atoms with Gasteiger partial charge in [-0.05, 0) is 37.1 Å². The molecule has 0 saturated carbocycles. The fraction of sp³-hybridized carbons (Fsp3) is 0.500. The topological polar surface area (TPSA) is 30.5 Å². The Morgan fingerprint density at radius 1 is 1.47 bits per heavy atom. The average Bonchev–Trinajstić information content (AvgIpc) is 2.74. The SMILES string of the molecule is COc1ccc(NC2CCOC2)c(C)c1. The highest BCUT2D eigenvalue weighted by Gasteiger charge is 2.15. The molecule has 1 aliphatic heterocycles. The molecule has 1 heterocycles. The van der Waals surface area contributed by atoms with Gasteiger partial charge in [0.2, 0.25) is 0 Å². The van der Waals surface area contributed by atoms with Crippen LogP contribution in [-0.2, 0) is 4.74 Å². The van der Waals surface area contributed by atoms with Crippen LogP contribution in [0.2, 0.25) is 0 Å². The molecule has 1 fully saturated rings. The van der Waals surface area contributed by atoms with Gasteiger partial charge in [0.1, 0.15) is 5.75 Å². The molecule has 0 aromatic heterocycles.